The van der Waals surface area contributed by atoms with Crippen LogP contribution in [0.3, 0.4) is 0 Å². The zero-order valence-corrected chi connectivity index (χ0v) is 15.1. The third-order valence-corrected chi connectivity index (χ3v) is 3.65. The Balaban J connectivity index is 3.72. The molecule has 6 nitrogen and oxygen atoms in total. The van der Waals surface area contributed by atoms with Crippen LogP contribution < -0.4 is 10.6 Å². The van der Waals surface area contributed by atoms with Gasteiger partial charge in [0.1, 0.15) is 0 Å². The number of hydrogen-bond acceptors (Lipinski definition) is 4. The van der Waals surface area contributed by atoms with Gasteiger partial charge in [-0.3, -0.25) is 9.59 Å². The van der Waals surface area contributed by atoms with E-state index < -0.39 is 0 Å². The summed E-state index contributed by atoms with van der Waals surface area (Å²) in [5, 5.41) is 5.42. The molecule has 0 fully saturated rings. The molecule has 0 saturated carbocycles. The highest BCUT2D eigenvalue weighted by molar-refractivity contribution is 5.87. The Morgan fingerprint density at radius 2 is 1.38 bits per heavy atom. The third-order valence-electron chi connectivity index (χ3n) is 3.65. The maximum absolute atomic E-state index is 11.0. The van der Waals surface area contributed by atoms with Crippen molar-refractivity contribution >= 4 is 11.8 Å². The third kappa shape index (κ3) is 11.8. The van der Waals surface area contributed by atoms with Crippen molar-refractivity contribution in [1.29, 1.82) is 0 Å². The fourth-order valence-corrected chi connectivity index (χ4v) is 1.80. The molecule has 0 heterocycles. The molecule has 0 rings (SSSR count). The molecule has 2 amide bonds. The largest absolute Gasteiger partial charge is 0.381 e. The highest BCUT2D eigenvalue weighted by Gasteiger charge is 2.22. The van der Waals surface area contributed by atoms with E-state index in [-0.39, 0.29) is 17.2 Å². The van der Waals surface area contributed by atoms with Crippen molar-refractivity contribution in [3.05, 3.63) is 25.3 Å². The Kier molecular flexibility index (Phi) is 12.8. The van der Waals surface area contributed by atoms with Gasteiger partial charge < -0.3 is 20.1 Å². The second kappa shape index (κ2) is 13.7. The standard InChI is InChI=1S/C18H32N2O4/c1-5-16(21)19-10-8-12-23-14-18(4,7-3)15-24-13-9-11-20-17(22)6-2/h5-6H,1-2,7-15H2,3-4H3,(H,19,21)(H,20,22). The number of carbonyl (C=O) groups excluding carboxylic acids is 2. The quantitative estimate of drug-likeness (QED) is 0.352. The average molecular weight is 340 g/mol. The minimum Gasteiger partial charge on any atom is -0.381 e. The van der Waals surface area contributed by atoms with Crippen molar-refractivity contribution in [2.75, 3.05) is 39.5 Å². The maximum atomic E-state index is 11.0. The van der Waals surface area contributed by atoms with E-state index in [0.29, 0.717) is 39.5 Å². The molecular weight excluding hydrogens is 308 g/mol. The van der Waals surface area contributed by atoms with Gasteiger partial charge in [0.2, 0.25) is 11.8 Å². The number of nitrogens with one attached hydrogen (secondary N) is 2. The van der Waals surface area contributed by atoms with Gasteiger partial charge in [-0.15, -0.1) is 0 Å². The molecule has 0 saturated heterocycles. The van der Waals surface area contributed by atoms with E-state index in [2.05, 4.69) is 37.6 Å². The molecule has 0 atom stereocenters. The van der Waals surface area contributed by atoms with E-state index in [1.54, 1.807) is 0 Å². The summed E-state index contributed by atoms with van der Waals surface area (Å²) in [6.07, 6.45) is 5.00. The SMILES string of the molecule is C=CC(=O)NCCCOCC(C)(CC)COCCCNC(=O)C=C. The lowest BCUT2D eigenvalue weighted by Crippen LogP contribution is -2.30. The van der Waals surface area contributed by atoms with Crippen LogP contribution in [-0.4, -0.2) is 51.3 Å². The molecule has 0 aromatic rings. The van der Waals surface area contributed by atoms with Gasteiger partial charge in [0.15, 0.2) is 0 Å². The highest BCUT2D eigenvalue weighted by atomic mass is 16.5. The van der Waals surface area contributed by atoms with Crippen molar-refractivity contribution in [2.45, 2.75) is 33.1 Å². The lowest BCUT2D eigenvalue weighted by molar-refractivity contribution is -0.117. The number of rotatable bonds is 15. The normalized spacial score (nSPS) is 10.9. The summed E-state index contributed by atoms with van der Waals surface area (Å²) in [4.78, 5) is 22.0. The van der Waals surface area contributed by atoms with E-state index in [4.69, 9.17) is 9.47 Å². The van der Waals surface area contributed by atoms with E-state index in [1.165, 1.54) is 12.2 Å². The Hall–Kier alpha value is -1.66. The zero-order chi connectivity index (χ0) is 18.3. The van der Waals surface area contributed by atoms with Crippen molar-refractivity contribution in [1.82, 2.24) is 10.6 Å². The van der Waals surface area contributed by atoms with E-state index in [9.17, 15) is 9.59 Å². The van der Waals surface area contributed by atoms with Crippen LogP contribution in [0.4, 0.5) is 0 Å². The molecule has 138 valence electrons. The maximum Gasteiger partial charge on any atom is 0.243 e. The summed E-state index contributed by atoms with van der Waals surface area (Å²) in [6, 6.07) is 0. The fourth-order valence-electron chi connectivity index (χ4n) is 1.80. The molecule has 0 aromatic carbocycles. The second-order valence-electron chi connectivity index (χ2n) is 5.97. The second-order valence-corrected chi connectivity index (χ2v) is 5.97. The first kappa shape index (κ1) is 22.3. The Labute approximate surface area is 145 Å². The molecule has 0 unspecified atom stereocenters. The first-order chi connectivity index (χ1) is 11.5. The topological polar surface area (TPSA) is 76.7 Å². The van der Waals surface area contributed by atoms with Gasteiger partial charge in [0, 0.05) is 31.7 Å². The van der Waals surface area contributed by atoms with Gasteiger partial charge in [-0.1, -0.05) is 27.0 Å². The van der Waals surface area contributed by atoms with Gasteiger partial charge in [-0.25, -0.2) is 0 Å². The first-order valence-electron chi connectivity index (χ1n) is 8.43. The lowest BCUT2D eigenvalue weighted by Gasteiger charge is -2.27. The van der Waals surface area contributed by atoms with Crippen LogP contribution in [0.2, 0.25) is 0 Å². The molecule has 24 heavy (non-hydrogen) atoms. The van der Waals surface area contributed by atoms with Gasteiger partial charge in [-0.2, -0.15) is 0 Å². The number of hydrogen-bond donors (Lipinski definition) is 2. The van der Waals surface area contributed by atoms with Crippen LogP contribution in [0.25, 0.3) is 0 Å². The number of amides is 2. The number of carbonyl (C=O) groups is 2. The molecule has 0 spiro atoms. The Morgan fingerprint density at radius 3 is 1.71 bits per heavy atom. The number of ether oxygens (including phenoxy) is 2. The summed E-state index contributed by atoms with van der Waals surface area (Å²) in [6.45, 7) is 14.6. The molecule has 0 aliphatic carbocycles. The van der Waals surface area contributed by atoms with Gasteiger partial charge in [0.25, 0.3) is 0 Å². The fraction of sp³-hybridized carbons (Fsp3) is 0.667. The Morgan fingerprint density at radius 1 is 0.958 bits per heavy atom. The van der Waals surface area contributed by atoms with E-state index in [0.717, 1.165) is 19.3 Å². The molecule has 6 heteroatoms. The van der Waals surface area contributed by atoms with E-state index >= 15 is 0 Å². The summed E-state index contributed by atoms with van der Waals surface area (Å²) in [7, 11) is 0. The van der Waals surface area contributed by atoms with Crippen LogP contribution >= 0.6 is 0 Å². The lowest BCUT2D eigenvalue weighted by atomic mass is 9.90. The molecule has 2 N–H and O–H groups in total. The van der Waals surface area contributed by atoms with Gasteiger partial charge in [-0.05, 0) is 31.4 Å². The van der Waals surface area contributed by atoms with Crippen molar-refractivity contribution in [2.24, 2.45) is 5.41 Å². The van der Waals surface area contributed by atoms with E-state index in [1.807, 2.05) is 0 Å². The van der Waals surface area contributed by atoms with Crippen LogP contribution in [0.5, 0.6) is 0 Å². The molecule has 0 bridgehead atoms. The van der Waals surface area contributed by atoms with Crippen LogP contribution in [-0.2, 0) is 19.1 Å². The highest BCUT2D eigenvalue weighted by Crippen LogP contribution is 2.22. The summed E-state index contributed by atoms with van der Waals surface area (Å²) >= 11 is 0. The Bertz CT molecular complexity index is 364. The van der Waals surface area contributed by atoms with Gasteiger partial charge in [0.05, 0.1) is 13.2 Å². The minimum atomic E-state index is -0.161. The molecule has 0 aliphatic rings. The van der Waals surface area contributed by atoms with Gasteiger partial charge >= 0.3 is 0 Å². The molecule has 0 radical (unpaired) electrons. The predicted molar refractivity (Wildman–Crippen MR) is 95.7 cm³/mol. The van der Waals surface area contributed by atoms with Crippen molar-refractivity contribution < 1.29 is 19.1 Å². The smallest absolute Gasteiger partial charge is 0.243 e. The average Bonchev–Trinajstić information content (AvgIpc) is 2.60. The van der Waals surface area contributed by atoms with Crippen LogP contribution in [0.1, 0.15) is 33.1 Å². The van der Waals surface area contributed by atoms with Crippen molar-refractivity contribution in [3.63, 3.8) is 0 Å². The van der Waals surface area contributed by atoms with Crippen LogP contribution in [0.15, 0.2) is 25.3 Å². The molecular formula is C18H32N2O4. The monoisotopic (exact) mass is 340 g/mol. The van der Waals surface area contributed by atoms with Crippen LogP contribution in [0, 0.1) is 5.41 Å². The minimum absolute atomic E-state index is 0.0330. The zero-order valence-electron chi connectivity index (χ0n) is 15.1. The summed E-state index contributed by atoms with van der Waals surface area (Å²) < 4.78 is 11.4. The summed E-state index contributed by atoms with van der Waals surface area (Å²) in [5.74, 6) is -0.322. The predicted octanol–water partition coefficient (Wildman–Crippen LogP) is 1.82. The van der Waals surface area contributed by atoms with Crippen molar-refractivity contribution in [3.8, 4) is 0 Å². The summed E-state index contributed by atoms with van der Waals surface area (Å²) in [5.41, 5.74) is -0.0330. The first-order valence-corrected chi connectivity index (χ1v) is 8.43. The molecule has 0 aromatic heterocycles. The molecule has 0 aliphatic heterocycles.